The number of aromatic nitrogens is 3. The number of hydrogen-bond donors (Lipinski definition) is 0. The van der Waals surface area contributed by atoms with Crippen LogP contribution < -0.4 is 4.74 Å². The minimum Gasteiger partial charge on any atom is -0.487 e. The third-order valence-corrected chi connectivity index (χ3v) is 5.23. The number of rotatable bonds is 6. The Bertz CT molecular complexity index is 1360. The fraction of sp³-hybridized carbons (Fsp3) is 0.0385. The number of halogens is 1. The van der Waals surface area contributed by atoms with E-state index >= 15 is 0 Å². The van der Waals surface area contributed by atoms with Crippen LogP contribution in [0.1, 0.15) is 22.7 Å². The van der Waals surface area contributed by atoms with Crippen molar-refractivity contribution in [2.75, 3.05) is 0 Å². The highest BCUT2D eigenvalue weighted by Crippen LogP contribution is 2.26. The third-order valence-electron chi connectivity index (χ3n) is 4.98. The van der Waals surface area contributed by atoms with Gasteiger partial charge in [0, 0.05) is 16.0 Å². The van der Waals surface area contributed by atoms with Crippen molar-refractivity contribution in [1.29, 1.82) is 0 Å². The Morgan fingerprint density at radius 3 is 2.50 bits per heavy atom. The monoisotopic (exact) mass is 439 g/mol. The SMILES string of the molecule is Clc1ccc(C(=Cc2ccc(OCc3ccc4ccccc4n3)cc2)c2nnco2)cc1. The number of nitrogens with zero attached hydrogens (tertiary/aromatic N) is 3. The Labute approximate surface area is 190 Å². The molecule has 32 heavy (non-hydrogen) atoms. The van der Waals surface area contributed by atoms with E-state index in [9.17, 15) is 0 Å². The summed E-state index contributed by atoms with van der Waals surface area (Å²) < 4.78 is 11.4. The summed E-state index contributed by atoms with van der Waals surface area (Å²) in [5, 5.41) is 9.65. The summed E-state index contributed by atoms with van der Waals surface area (Å²) in [6.07, 6.45) is 3.31. The molecule has 0 radical (unpaired) electrons. The molecule has 5 rings (SSSR count). The molecule has 0 fully saturated rings. The second-order valence-electron chi connectivity index (χ2n) is 7.16. The van der Waals surface area contributed by atoms with E-state index in [0.717, 1.165) is 39.0 Å². The smallest absolute Gasteiger partial charge is 0.248 e. The van der Waals surface area contributed by atoms with E-state index in [0.29, 0.717) is 17.5 Å². The van der Waals surface area contributed by atoms with E-state index in [1.807, 2.05) is 84.9 Å². The van der Waals surface area contributed by atoms with Crippen LogP contribution in [-0.2, 0) is 6.61 Å². The quantitative estimate of drug-likeness (QED) is 0.285. The van der Waals surface area contributed by atoms with Crippen LogP contribution in [0, 0.1) is 0 Å². The van der Waals surface area contributed by atoms with Gasteiger partial charge in [-0.15, -0.1) is 10.2 Å². The van der Waals surface area contributed by atoms with Crippen molar-refractivity contribution in [3.8, 4) is 5.75 Å². The molecule has 0 aliphatic carbocycles. The molecule has 5 aromatic rings. The van der Waals surface area contributed by atoms with E-state index in [1.165, 1.54) is 6.39 Å². The molecule has 0 unspecified atom stereocenters. The van der Waals surface area contributed by atoms with Crippen LogP contribution in [0.2, 0.25) is 5.02 Å². The number of hydrogen-bond acceptors (Lipinski definition) is 5. The zero-order chi connectivity index (χ0) is 21.8. The summed E-state index contributed by atoms with van der Waals surface area (Å²) in [7, 11) is 0. The van der Waals surface area contributed by atoms with E-state index in [1.54, 1.807) is 0 Å². The maximum atomic E-state index is 6.03. The average Bonchev–Trinajstić information content (AvgIpc) is 3.37. The normalized spacial score (nSPS) is 11.6. The van der Waals surface area contributed by atoms with Crippen LogP contribution in [0.15, 0.2) is 95.7 Å². The summed E-state index contributed by atoms with van der Waals surface area (Å²) in [6, 6.07) is 27.4. The summed E-state index contributed by atoms with van der Waals surface area (Å²) >= 11 is 6.03. The molecule has 0 aliphatic heterocycles. The van der Waals surface area contributed by atoms with Gasteiger partial charge in [-0.1, -0.05) is 60.1 Å². The van der Waals surface area contributed by atoms with Crippen molar-refractivity contribution in [2.45, 2.75) is 6.61 Å². The summed E-state index contributed by atoms with van der Waals surface area (Å²) in [5.41, 5.74) is 4.57. The molecule has 0 amide bonds. The van der Waals surface area contributed by atoms with Gasteiger partial charge in [-0.3, -0.25) is 0 Å². The fourth-order valence-electron chi connectivity index (χ4n) is 3.36. The molecule has 0 bridgehead atoms. The lowest BCUT2D eigenvalue weighted by Crippen LogP contribution is -1.98. The lowest BCUT2D eigenvalue weighted by molar-refractivity contribution is 0.302. The number of ether oxygens (including phenoxy) is 1. The zero-order valence-corrected chi connectivity index (χ0v) is 17.7. The van der Waals surface area contributed by atoms with Crippen molar-refractivity contribution in [3.63, 3.8) is 0 Å². The van der Waals surface area contributed by atoms with E-state index in [4.69, 9.17) is 20.8 Å². The first kappa shape index (κ1) is 20.0. The number of pyridine rings is 1. The number of benzene rings is 3. The average molecular weight is 440 g/mol. The fourth-order valence-corrected chi connectivity index (χ4v) is 3.49. The standard InChI is InChI=1S/C26H18ClN3O2/c27-21-10-7-19(8-11-21)24(26-30-28-17-32-26)15-18-5-13-23(14-6-18)31-16-22-12-9-20-3-1-2-4-25(20)29-22/h1-15,17H,16H2. The Hall–Kier alpha value is -3.96. The summed E-state index contributed by atoms with van der Waals surface area (Å²) in [6.45, 7) is 0.401. The second-order valence-corrected chi connectivity index (χ2v) is 7.60. The Kier molecular flexibility index (Phi) is 5.64. The number of fused-ring (bicyclic) bond motifs is 1. The third kappa shape index (κ3) is 4.53. The highest BCUT2D eigenvalue weighted by atomic mass is 35.5. The first-order chi connectivity index (χ1) is 15.7. The van der Waals surface area contributed by atoms with E-state index in [2.05, 4.69) is 21.2 Å². The molecule has 0 atom stereocenters. The summed E-state index contributed by atoms with van der Waals surface area (Å²) in [5.74, 6) is 1.21. The first-order valence-corrected chi connectivity index (χ1v) is 10.4. The molecule has 156 valence electrons. The van der Waals surface area contributed by atoms with Crippen molar-refractivity contribution < 1.29 is 9.15 Å². The lowest BCUT2D eigenvalue weighted by atomic mass is 10.0. The first-order valence-electron chi connectivity index (χ1n) is 10.1. The van der Waals surface area contributed by atoms with Crippen molar-refractivity contribution in [2.24, 2.45) is 0 Å². The van der Waals surface area contributed by atoms with Gasteiger partial charge in [0.25, 0.3) is 0 Å². The highest BCUT2D eigenvalue weighted by Gasteiger charge is 2.11. The molecule has 0 saturated heterocycles. The van der Waals surface area contributed by atoms with Gasteiger partial charge in [-0.2, -0.15) is 0 Å². The maximum absolute atomic E-state index is 6.03. The van der Waals surface area contributed by atoms with Gasteiger partial charge in [0.05, 0.1) is 11.2 Å². The minimum absolute atomic E-state index is 0.401. The van der Waals surface area contributed by atoms with E-state index in [-0.39, 0.29) is 0 Å². The predicted molar refractivity (Wildman–Crippen MR) is 125 cm³/mol. The van der Waals surface area contributed by atoms with Crippen molar-refractivity contribution in [3.05, 3.63) is 119 Å². The Morgan fingerprint density at radius 2 is 1.72 bits per heavy atom. The van der Waals surface area contributed by atoms with Crippen LogP contribution >= 0.6 is 11.6 Å². The second kappa shape index (κ2) is 9.04. The van der Waals surface area contributed by atoms with Gasteiger partial charge in [-0.25, -0.2) is 4.98 Å². The van der Waals surface area contributed by atoms with Crippen molar-refractivity contribution in [1.82, 2.24) is 15.2 Å². The molecule has 5 nitrogen and oxygen atoms in total. The van der Waals surface area contributed by atoms with Crippen LogP contribution in [0.25, 0.3) is 22.6 Å². The van der Waals surface area contributed by atoms with Crippen molar-refractivity contribution >= 4 is 34.2 Å². The molecular weight excluding hydrogens is 422 g/mol. The molecular formula is C26H18ClN3O2. The summed E-state index contributed by atoms with van der Waals surface area (Å²) in [4.78, 5) is 4.65. The molecule has 3 aromatic carbocycles. The van der Waals surface area contributed by atoms with Gasteiger partial charge in [-0.05, 0) is 53.6 Å². The molecule has 0 saturated carbocycles. The maximum Gasteiger partial charge on any atom is 0.248 e. The highest BCUT2D eigenvalue weighted by molar-refractivity contribution is 6.30. The van der Waals surface area contributed by atoms with Gasteiger partial charge in [0.15, 0.2) is 0 Å². The zero-order valence-electron chi connectivity index (χ0n) is 17.0. The minimum atomic E-state index is 0.401. The topological polar surface area (TPSA) is 61.0 Å². The van der Waals surface area contributed by atoms with Crippen LogP contribution in [0.4, 0.5) is 0 Å². The molecule has 2 aromatic heterocycles. The predicted octanol–water partition coefficient (Wildman–Crippen LogP) is 6.44. The van der Waals surface area contributed by atoms with Crippen LogP contribution in [-0.4, -0.2) is 15.2 Å². The molecule has 2 heterocycles. The van der Waals surface area contributed by atoms with Gasteiger partial charge >= 0.3 is 0 Å². The largest absolute Gasteiger partial charge is 0.487 e. The van der Waals surface area contributed by atoms with Gasteiger partial charge in [0.1, 0.15) is 12.4 Å². The molecule has 6 heteroatoms. The van der Waals surface area contributed by atoms with Gasteiger partial charge < -0.3 is 9.15 Å². The van der Waals surface area contributed by atoms with E-state index < -0.39 is 0 Å². The Balaban J connectivity index is 1.34. The lowest BCUT2D eigenvalue weighted by Gasteiger charge is -2.08. The molecule has 0 N–H and O–H groups in total. The van der Waals surface area contributed by atoms with Crippen LogP contribution in [0.5, 0.6) is 5.75 Å². The number of para-hydroxylation sites is 1. The molecule has 0 aliphatic rings. The van der Waals surface area contributed by atoms with Gasteiger partial charge in [0.2, 0.25) is 12.3 Å². The molecule has 0 spiro atoms. The van der Waals surface area contributed by atoms with Crippen LogP contribution in [0.3, 0.4) is 0 Å². The Morgan fingerprint density at radius 1 is 0.906 bits per heavy atom.